The van der Waals surface area contributed by atoms with Gasteiger partial charge in [0.25, 0.3) is 9.84 Å². The highest BCUT2D eigenvalue weighted by Gasteiger charge is 2.63. The smallest absolute Gasteiger partial charge is 0.415 e. The highest BCUT2D eigenvalue weighted by Crippen LogP contribution is 2.48. The summed E-state index contributed by atoms with van der Waals surface area (Å²) >= 11 is 0. The van der Waals surface area contributed by atoms with Crippen molar-refractivity contribution in [3.63, 3.8) is 0 Å². The third-order valence-electron chi connectivity index (χ3n) is 10.9. The van der Waals surface area contributed by atoms with Crippen molar-refractivity contribution in [1.29, 1.82) is 0 Å². The van der Waals surface area contributed by atoms with Gasteiger partial charge >= 0.3 is 28.5 Å². The molecule has 1 unspecified atom stereocenters. The number of nitrogens with one attached hydrogen (secondary N) is 1. The molecule has 0 radical (unpaired) electrons. The quantitative estimate of drug-likeness (QED) is 0.0970. The number of hydrogen-bond donors (Lipinski definition) is 1. The molecule has 328 valence electrons. The molecule has 1 aliphatic heterocycles. The van der Waals surface area contributed by atoms with Crippen LogP contribution >= 0.6 is 0 Å². The fourth-order valence-electron chi connectivity index (χ4n) is 5.22. The molecule has 1 fully saturated rings. The number of carbonyl (C=O) groups is 2. The van der Waals surface area contributed by atoms with Gasteiger partial charge in [0.1, 0.15) is 24.1 Å². The minimum atomic E-state index is -4.33. The highest BCUT2D eigenvalue weighted by molar-refractivity contribution is 7.91. The van der Waals surface area contributed by atoms with E-state index in [1.165, 1.54) is 37.3 Å². The first kappa shape index (κ1) is 47.6. The summed E-state index contributed by atoms with van der Waals surface area (Å²) in [6.45, 7) is 20.8. The Hall–Kier alpha value is -4.10. The van der Waals surface area contributed by atoms with E-state index in [4.69, 9.17) is 23.1 Å². The zero-order valence-electron chi connectivity index (χ0n) is 35.2. The van der Waals surface area contributed by atoms with E-state index >= 15 is 8.78 Å². The summed E-state index contributed by atoms with van der Waals surface area (Å²) in [7, 11) is -9.49. The first-order valence-electron chi connectivity index (χ1n) is 19.0. The van der Waals surface area contributed by atoms with Gasteiger partial charge in [-0.25, -0.2) is 13.2 Å². The predicted octanol–water partition coefficient (Wildman–Crippen LogP) is 5.76. The Morgan fingerprint density at radius 1 is 1.03 bits per heavy atom. The van der Waals surface area contributed by atoms with Crippen molar-refractivity contribution in [2.24, 2.45) is 0 Å². The van der Waals surface area contributed by atoms with E-state index in [1.807, 2.05) is 67.7 Å². The molecule has 1 N–H and O–H groups in total. The number of carbonyl (C=O) groups excluding carboxylic acids is 2. The van der Waals surface area contributed by atoms with E-state index in [9.17, 15) is 28.0 Å². The maximum atomic E-state index is 16.4. The van der Waals surface area contributed by atoms with Crippen LogP contribution in [-0.2, 0) is 37.8 Å². The first-order valence-corrected chi connectivity index (χ1v) is 26.3. The SMILES string of the molecule is CC(CCOC(=O)CCC(=O)Nc1ccn([C@@H]2O[C@H](CO[Si](C)(C)C(C)(C)C)[C@@H](O[Si](C)(C)C(C)(C)C)C2(F)F)c(=O)n1)Oc1no[n+]([O-])c1S(=O)(=O)c1ccccc1. The van der Waals surface area contributed by atoms with Crippen molar-refractivity contribution in [1.82, 2.24) is 14.7 Å². The Morgan fingerprint density at radius 3 is 2.25 bits per heavy atom. The molecule has 3 aromatic rings. The van der Waals surface area contributed by atoms with Gasteiger partial charge in [0, 0.05) is 19.0 Å². The lowest BCUT2D eigenvalue weighted by molar-refractivity contribution is -0.832. The number of aromatic nitrogens is 4. The fourth-order valence-corrected chi connectivity index (χ4v) is 8.81. The largest absolute Gasteiger partial charge is 0.466 e. The van der Waals surface area contributed by atoms with Crippen molar-refractivity contribution in [3.05, 3.63) is 58.3 Å². The molecule has 0 spiro atoms. The van der Waals surface area contributed by atoms with Gasteiger partial charge in [0.2, 0.25) is 12.1 Å². The van der Waals surface area contributed by atoms with Crippen molar-refractivity contribution >= 4 is 44.2 Å². The monoisotopic (exact) mass is 887 g/mol. The predicted molar refractivity (Wildman–Crippen MR) is 213 cm³/mol. The lowest BCUT2D eigenvalue weighted by Gasteiger charge is -2.41. The summed E-state index contributed by atoms with van der Waals surface area (Å²) < 4.78 is 92.9. The van der Waals surface area contributed by atoms with Crippen LogP contribution in [0, 0.1) is 5.21 Å². The summed E-state index contributed by atoms with van der Waals surface area (Å²) in [6, 6.07) is 8.31. The van der Waals surface area contributed by atoms with E-state index in [0.29, 0.717) is 4.57 Å². The van der Waals surface area contributed by atoms with Crippen LogP contribution in [0.25, 0.3) is 0 Å². The second-order valence-corrected chi connectivity index (χ2v) is 28.8. The summed E-state index contributed by atoms with van der Waals surface area (Å²) in [5.74, 6) is -5.94. The minimum Gasteiger partial charge on any atom is -0.466 e. The normalized spacial score (nSPS) is 19.3. The van der Waals surface area contributed by atoms with Gasteiger partial charge in [-0.05, 0) is 66.3 Å². The second-order valence-electron chi connectivity index (χ2n) is 17.4. The molecule has 2 aromatic heterocycles. The zero-order valence-corrected chi connectivity index (χ0v) is 38.1. The van der Waals surface area contributed by atoms with Crippen LogP contribution < -0.4 is 20.6 Å². The molecule has 4 atom stereocenters. The summed E-state index contributed by atoms with van der Waals surface area (Å²) in [5.41, 5.74) is -1.11. The van der Waals surface area contributed by atoms with Crippen LogP contribution in [0.2, 0.25) is 36.3 Å². The lowest BCUT2D eigenvalue weighted by Crippen LogP contribution is -2.53. The van der Waals surface area contributed by atoms with Crippen molar-refractivity contribution in [2.45, 2.75) is 144 Å². The Kier molecular flexibility index (Phi) is 14.4. The molecule has 4 rings (SSSR count). The molecule has 22 heteroatoms. The van der Waals surface area contributed by atoms with Crippen LogP contribution in [0.3, 0.4) is 0 Å². The molecule has 3 heterocycles. The van der Waals surface area contributed by atoms with Crippen LogP contribution in [0.5, 0.6) is 5.88 Å². The number of nitrogens with zero attached hydrogens (tertiary/aromatic N) is 4. The number of esters is 1. The fraction of sp³-hybridized carbons (Fsp3) is 0.622. The number of halogens is 2. The van der Waals surface area contributed by atoms with E-state index in [0.717, 1.165) is 6.20 Å². The third kappa shape index (κ3) is 11.2. The van der Waals surface area contributed by atoms with Gasteiger partial charge < -0.3 is 33.6 Å². The summed E-state index contributed by atoms with van der Waals surface area (Å²) in [5, 5.41) is 16.5. The van der Waals surface area contributed by atoms with Crippen molar-refractivity contribution in [3.8, 4) is 5.88 Å². The molecule has 1 aromatic carbocycles. The van der Waals surface area contributed by atoms with Gasteiger partial charge in [0.15, 0.2) is 16.6 Å². The van der Waals surface area contributed by atoms with Crippen LogP contribution in [0.1, 0.15) is 74.0 Å². The number of hydrogen-bond acceptors (Lipinski definition) is 14. The Morgan fingerprint density at radius 2 is 1.66 bits per heavy atom. The number of anilines is 1. The molecule has 0 saturated carbocycles. The average Bonchev–Trinajstić information content (AvgIpc) is 3.60. The molecule has 1 saturated heterocycles. The van der Waals surface area contributed by atoms with Crippen LogP contribution in [0.4, 0.5) is 14.6 Å². The highest BCUT2D eigenvalue weighted by atomic mass is 32.2. The van der Waals surface area contributed by atoms with Crippen molar-refractivity contribution < 1.29 is 59.4 Å². The van der Waals surface area contributed by atoms with Crippen LogP contribution in [0.15, 0.2) is 61.9 Å². The molecule has 1 amide bonds. The number of sulfone groups is 1. The average molecular weight is 888 g/mol. The maximum Gasteiger partial charge on any atom is 0.415 e. The molecule has 0 bridgehead atoms. The summed E-state index contributed by atoms with van der Waals surface area (Å²) in [4.78, 5) is 41.5. The molecule has 0 aliphatic carbocycles. The standard InChI is InChI=1S/C37H55F2N5O12SSi2/c1-24(53-31-32(44(48)56-42-31)57(49,50)25-15-13-12-14-16-25)20-22-51-29(46)18-17-28(45)40-27-19-21-43(34(47)41-27)33-37(38,39)30(55-59(10,11)36(5,6)7)26(54-33)23-52-58(8,9)35(2,3)4/h12-16,19,21,24,26,30,33H,17-18,20,22-23H2,1-11H3,(H,40,41,45,47)/t24?,26-,30-,33-/m1/s1. The second kappa shape index (κ2) is 17.9. The van der Waals surface area contributed by atoms with E-state index in [1.54, 1.807) is 6.07 Å². The Bertz CT molecular complexity index is 2120. The first-order chi connectivity index (χ1) is 27.1. The maximum absolute atomic E-state index is 16.4. The number of amides is 1. The number of ether oxygens (including phenoxy) is 3. The van der Waals surface area contributed by atoms with Gasteiger partial charge in [-0.2, -0.15) is 13.8 Å². The zero-order chi connectivity index (χ0) is 44.4. The molecule has 1 aliphatic rings. The molecular formula is C37H55F2N5O12SSi2. The number of benzene rings is 1. The van der Waals surface area contributed by atoms with Gasteiger partial charge in [0.05, 0.1) is 29.7 Å². The molecule has 59 heavy (non-hydrogen) atoms. The summed E-state index contributed by atoms with van der Waals surface area (Å²) in [6.07, 6.45) is -5.41. The molecular weight excluding hydrogens is 833 g/mol. The van der Waals surface area contributed by atoms with E-state index in [-0.39, 0.29) is 53.1 Å². The topological polar surface area (TPSA) is 214 Å². The van der Waals surface area contributed by atoms with Gasteiger partial charge in [-0.3, -0.25) is 18.8 Å². The van der Waals surface area contributed by atoms with Crippen molar-refractivity contribution in [2.75, 3.05) is 18.5 Å². The third-order valence-corrected chi connectivity index (χ3v) is 21.5. The lowest BCUT2D eigenvalue weighted by atomic mass is 10.1. The molecule has 17 nitrogen and oxygen atoms in total. The minimum absolute atomic E-state index is 0.0476. The van der Waals surface area contributed by atoms with E-state index in [2.05, 4.69) is 20.1 Å². The number of alkyl halides is 2. The van der Waals surface area contributed by atoms with Gasteiger partial charge in [-0.15, -0.1) is 0 Å². The Labute approximate surface area is 344 Å². The van der Waals surface area contributed by atoms with E-state index < -0.39 is 90.4 Å². The van der Waals surface area contributed by atoms with Gasteiger partial charge in [-0.1, -0.05) is 59.7 Å². The van der Waals surface area contributed by atoms with Crippen LogP contribution in [-0.4, -0.2) is 89.1 Å². The Balaban J connectivity index is 1.33. The number of rotatable bonds is 17.